The minimum Gasteiger partial charge on any atom is -0.481 e. The molecule has 0 bridgehead atoms. The molecule has 2 N–H and O–H groups in total. The Labute approximate surface area is 136 Å². The fraction of sp³-hybridized carbons (Fsp3) is 0.125. The van der Waals surface area contributed by atoms with E-state index in [1.165, 1.54) is 17.2 Å². The lowest BCUT2D eigenvalue weighted by Gasteiger charge is -2.12. The van der Waals surface area contributed by atoms with Gasteiger partial charge in [-0.3, -0.25) is 4.79 Å². The number of nitrogens with one attached hydrogen (secondary N) is 1. The summed E-state index contributed by atoms with van der Waals surface area (Å²) in [5, 5.41) is 20.8. The first-order chi connectivity index (χ1) is 11.6. The van der Waals surface area contributed by atoms with Gasteiger partial charge in [0, 0.05) is 16.5 Å². The summed E-state index contributed by atoms with van der Waals surface area (Å²) in [7, 11) is 0. The molecule has 3 aromatic rings. The van der Waals surface area contributed by atoms with E-state index in [1.807, 2.05) is 18.2 Å². The molecule has 0 aliphatic rings. The Morgan fingerprint density at radius 3 is 2.50 bits per heavy atom. The fourth-order valence-electron chi connectivity index (χ4n) is 2.29. The summed E-state index contributed by atoms with van der Waals surface area (Å²) >= 11 is 0. The lowest BCUT2D eigenvalue weighted by molar-refractivity contribution is -0.139. The Bertz CT molecular complexity index is 877. The molecule has 8 heteroatoms. The molecule has 0 saturated heterocycles. The number of anilines is 1. The highest BCUT2D eigenvalue weighted by molar-refractivity contribution is 6.04. The first-order valence-electron chi connectivity index (χ1n) is 7.14. The third kappa shape index (κ3) is 3.49. The molecule has 0 spiro atoms. The van der Waals surface area contributed by atoms with Crippen molar-refractivity contribution in [2.24, 2.45) is 0 Å². The zero-order valence-corrected chi connectivity index (χ0v) is 12.5. The van der Waals surface area contributed by atoms with Gasteiger partial charge in [0.05, 0.1) is 12.4 Å². The number of hydrogen-bond acceptors (Lipinski definition) is 5. The van der Waals surface area contributed by atoms with Crippen LogP contribution in [0.25, 0.3) is 10.8 Å². The van der Waals surface area contributed by atoms with Crippen LogP contribution in [0.3, 0.4) is 0 Å². The highest BCUT2D eigenvalue weighted by atomic mass is 16.5. The number of ether oxygens (including phenoxy) is 1. The van der Waals surface area contributed by atoms with E-state index in [1.54, 1.807) is 18.2 Å². The highest BCUT2D eigenvalue weighted by Crippen LogP contribution is 2.31. The number of rotatable bonds is 6. The fourth-order valence-corrected chi connectivity index (χ4v) is 2.29. The normalized spacial score (nSPS) is 10.5. The van der Waals surface area contributed by atoms with Gasteiger partial charge in [-0.1, -0.05) is 24.3 Å². The molecule has 0 fully saturated rings. The Hall–Kier alpha value is -3.42. The van der Waals surface area contributed by atoms with Crippen LogP contribution in [-0.2, 0) is 16.1 Å². The van der Waals surface area contributed by atoms with Gasteiger partial charge in [0.1, 0.15) is 12.3 Å². The molecular weight excluding hydrogens is 312 g/mol. The number of aromatic nitrogens is 3. The van der Waals surface area contributed by atoms with Crippen LogP contribution in [0.5, 0.6) is 5.75 Å². The predicted octanol–water partition coefficient (Wildman–Crippen LogP) is 1.53. The summed E-state index contributed by atoms with van der Waals surface area (Å²) in [6.45, 7) is -0.431. The minimum absolute atomic E-state index is 0.00140. The number of aliphatic carboxylic acids is 1. The zero-order valence-electron chi connectivity index (χ0n) is 12.5. The molecule has 0 radical (unpaired) electrons. The Kier molecular flexibility index (Phi) is 4.37. The van der Waals surface area contributed by atoms with Gasteiger partial charge in [-0.05, 0) is 12.1 Å². The summed E-state index contributed by atoms with van der Waals surface area (Å²) < 4.78 is 5.29. The van der Waals surface area contributed by atoms with E-state index >= 15 is 0 Å². The summed E-state index contributed by atoms with van der Waals surface area (Å²) in [5.74, 6) is -0.876. The van der Waals surface area contributed by atoms with E-state index in [-0.39, 0.29) is 12.5 Å². The van der Waals surface area contributed by atoms with Crippen LogP contribution in [0.15, 0.2) is 48.8 Å². The highest BCUT2D eigenvalue weighted by Gasteiger charge is 2.11. The molecular formula is C16H14N4O4. The second-order valence-electron chi connectivity index (χ2n) is 4.95. The molecule has 8 nitrogen and oxygen atoms in total. The molecule has 1 aromatic heterocycles. The molecule has 122 valence electrons. The third-order valence-corrected chi connectivity index (χ3v) is 3.26. The zero-order chi connectivity index (χ0) is 16.9. The van der Waals surface area contributed by atoms with Gasteiger partial charge in [-0.25, -0.2) is 4.79 Å². The molecule has 1 heterocycles. The topological polar surface area (TPSA) is 106 Å². The number of hydrogen-bond donors (Lipinski definition) is 2. The summed E-state index contributed by atoms with van der Waals surface area (Å²) in [6, 6.07) is 10.6. The van der Waals surface area contributed by atoms with Gasteiger partial charge in [0.25, 0.3) is 0 Å². The maximum absolute atomic E-state index is 12.1. The van der Waals surface area contributed by atoms with Crippen LogP contribution in [0.1, 0.15) is 0 Å². The first-order valence-corrected chi connectivity index (χ1v) is 7.14. The molecule has 0 saturated carbocycles. The van der Waals surface area contributed by atoms with Gasteiger partial charge in [-0.2, -0.15) is 15.0 Å². The molecule has 0 aliphatic carbocycles. The van der Waals surface area contributed by atoms with Crippen molar-refractivity contribution in [2.75, 3.05) is 11.9 Å². The SMILES string of the molecule is O=C(O)COc1ccc(NC(=O)Cn2nccn2)c2ccccc12. The maximum Gasteiger partial charge on any atom is 0.341 e. The Morgan fingerprint density at radius 2 is 1.79 bits per heavy atom. The van der Waals surface area contributed by atoms with Crippen LogP contribution in [0, 0.1) is 0 Å². The van der Waals surface area contributed by atoms with E-state index in [2.05, 4.69) is 15.5 Å². The number of nitrogens with zero attached hydrogens (tertiary/aromatic N) is 3. The first kappa shape index (κ1) is 15.5. The molecule has 1 amide bonds. The number of carboxylic acid groups (broad SMARTS) is 1. The van der Waals surface area contributed by atoms with Crippen molar-refractivity contribution < 1.29 is 19.4 Å². The summed E-state index contributed by atoms with van der Waals surface area (Å²) in [6.07, 6.45) is 2.99. The molecule has 0 unspecified atom stereocenters. The van der Waals surface area contributed by atoms with Crippen LogP contribution in [0.2, 0.25) is 0 Å². The van der Waals surface area contributed by atoms with Gasteiger partial charge < -0.3 is 15.2 Å². The molecule has 24 heavy (non-hydrogen) atoms. The number of carboxylic acids is 1. The van der Waals surface area contributed by atoms with Crippen molar-refractivity contribution in [2.45, 2.75) is 6.54 Å². The largest absolute Gasteiger partial charge is 0.481 e. The Morgan fingerprint density at radius 1 is 1.08 bits per heavy atom. The average molecular weight is 326 g/mol. The molecule has 3 rings (SSSR count). The number of carbonyl (C=O) groups is 2. The summed E-state index contributed by atoms with van der Waals surface area (Å²) in [4.78, 5) is 24.1. The molecule has 0 aliphatic heterocycles. The number of fused-ring (bicyclic) bond motifs is 1. The molecule has 2 aromatic carbocycles. The second kappa shape index (κ2) is 6.78. The number of benzene rings is 2. The van der Waals surface area contributed by atoms with E-state index in [0.717, 1.165) is 5.39 Å². The van der Waals surface area contributed by atoms with Crippen molar-refractivity contribution in [1.82, 2.24) is 15.0 Å². The molecule has 0 atom stereocenters. The van der Waals surface area contributed by atoms with Crippen LogP contribution >= 0.6 is 0 Å². The van der Waals surface area contributed by atoms with Crippen LogP contribution in [-0.4, -0.2) is 38.6 Å². The van der Waals surface area contributed by atoms with E-state index in [4.69, 9.17) is 9.84 Å². The van der Waals surface area contributed by atoms with Crippen molar-refractivity contribution in [3.8, 4) is 5.75 Å². The van der Waals surface area contributed by atoms with Gasteiger partial charge in [-0.15, -0.1) is 0 Å². The number of amides is 1. The van der Waals surface area contributed by atoms with Crippen LogP contribution < -0.4 is 10.1 Å². The van der Waals surface area contributed by atoms with Crippen LogP contribution in [0.4, 0.5) is 5.69 Å². The van der Waals surface area contributed by atoms with Crippen molar-refractivity contribution >= 4 is 28.3 Å². The van der Waals surface area contributed by atoms with Gasteiger partial charge >= 0.3 is 5.97 Å². The predicted molar refractivity (Wildman–Crippen MR) is 85.7 cm³/mol. The van der Waals surface area contributed by atoms with Gasteiger partial charge in [0.2, 0.25) is 5.91 Å². The van der Waals surface area contributed by atoms with Crippen molar-refractivity contribution in [3.05, 3.63) is 48.8 Å². The average Bonchev–Trinajstić information content (AvgIpc) is 3.07. The van der Waals surface area contributed by atoms with Crippen molar-refractivity contribution in [3.63, 3.8) is 0 Å². The summed E-state index contributed by atoms with van der Waals surface area (Å²) in [5.41, 5.74) is 0.602. The van der Waals surface area contributed by atoms with E-state index < -0.39 is 12.6 Å². The smallest absolute Gasteiger partial charge is 0.341 e. The third-order valence-electron chi connectivity index (χ3n) is 3.26. The quantitative estimate of drug-likeness (QED) is 0.711. The number of carbonyl (C=O) groups excluding carboxylic acids is 1. The monoisotopic (exact) mass is 326 g/mol. The minimum atomic E-state index is -1.05. The lowest BCUT2D eigenvalue weighted by Crippen LogP contribution is -2.20. The standard InChI is InChI=1S/C16H14N4O4/c21-15(9-20-17-7-8-18-20)19-13-5-6-14(24-10-16(22)23)12-4-2-1-3-11(12)13/h1-8H,9-10H2,(H,19,21)(H,22,23). The van der Waals surface area contributed by atoms with E-state index in [0.29, 0.717) is 16.8 Å². The van der Waals surface area contributed by atoms with E-state index in [9.17, 15) is 9.59 Å². The second-order valence-corrected chi connectivity index (χ2v) is 4.95. The lowest BCUT2D eigenvalue weighted by atomic mass is 10.1. The Balaban J connectivity index is 1.85. The van der Waals surface area contributed by atoms with Gasteiger partial charge in [0.15, 0.2) is 6.61 Å². The van der Waals surface area contributed by atoms with Crippen molar-refractivity contribution in [1.29, 1.82) is 0 Å². The maximum atomic E-state index is 12.1.